The van der Waals surface area contributed by atoms with Crippen LogP contribution in [0, 0.1) is 11.7 Å². The molecule has 5 heteroatoms. The minimum absolute atomic E-state index is 0.0605. The summed E-state index contributed by atoms with van der Waals surface area (Å²) in [6.45, 7) is 1.22. The van der Waals surface area contributed by atoms with E-state index in [1.807, 2.05) is 0 Å². The van der Waals surface area contributed by atoms with Crippen LogP contribution in [0.25, 0.3) is 0 Å². The van der Waals surface area contributed by atoms with Crippen molar-refractivity contribution in [1.29, 1.82) is 0 Å². The van der Waals surface area contributed by atoms with Crippen LogP contribution in [0.5, 0.6) is 0 Å². The fourth-order valence-corrected chi connectivity index (χ4v) is 2.58. The SMILES string of the molecule is NC1CC(CCO)CN(C(=O)c2ccc(F)cc2)C1. The van der Waals surface area contributed by atoms with E-state index in [-0.39, 0.29) is 30.3 Å². The molecule has 1 heterocycles. The zero-order valence-corrected chi connectivity index (χ0v) is 10.8. The molecule has 1 fully saturated rings. The molecule has 3 N–H and O–H groups in total. The Bertz CT molecular complexity index is 436. The fourth-order valence-electron chi connectivity index (χ4n) is 2.58. The van der Waals surface area contributed by atoms with Gasteiger partial charge in [0.1, 0.15) is 5.82 Å². The number of benzene rings is 1. The third-order valence-electron chi connectivity index (χ3n) is 3.49. The lowest BCUT2D eigenvalue weighted by Gasteiger charge is -2.36. The van der Waals surface area contributed by atoms with Crippen molar-refractivity contribution in [3.05, 3.63) is 35.6 Å². The molecule has 1 aliphatic heterocycles. The first-order valence-electron chi connectivity index (χ1n) is 6.51. The van der Waals surface area contributed by atoms with Crippen molar-refractivity contribution in [2.45, 2.75) is 18.9 Å². The van der Waals surface area contributed by atoms with Gasteiger partial charge >= 0.3 is 0 Å². The molecule has 0 bridgehead atoms. The molecule has 19 heavy (non-hydrogen) atoms. The third-order valence-corrected chi connectivity index (χ3v) is 3.49. The number of amides is 1. The van der Waals surface area contributed by atoms with Crippen LogP contribution in [-0.4, -0.2) is 41.7 Å². The Morgan fingerprint density at radius 3 is 2.68 bits per heavy atom. The van der Waals surface area contributed by atoms with E-state index in [1.165, 1.54) is 24.3 Å². The van der Waals surface area contributed by atoms with Crippen LogP contribution < -0.4 is 5.73 Å². The second-order valence-electron chi connectivity index (χ2n) is 5.09. The number of hydrogen-bond acceptors (Lipinski definition) is 3. The summed E-state index contributed by atoms with van der Waals surface area (Å²) < 4.78 is 12.8. The number of hydrogen-bond donors (Lipinski definition) is 2. The van der Waals surface area contributed by atoms with E-state index in [0.29, 0.717) is 25.1 Å². The largest absolute Gasteiger partial charge is 0.396 e. The molecule has 0 aliphatic carbocycles. The van der Waals surface area contributed by atoms with E-state index in [4.69, 9.17) is 10.8 Å². The Morgan fingerprint density at radius 2 is 2.05 bits per heavy atom. The molecule has 2 atom stereocenters. The minimum atomic E-state index is -0.356. The fraction of sp³-hybridized carbons (Fsp3) is 0.500. The third kappa shape index (κ3) is 3.52. The number of nitrogens with two attached hydrogens (primary N) is 1. The van der Waals surface area contributed by atoms with Gasteiger partial charge in [-0.15, -0.1) is 0 Å². The molecule has 4 nitrogen and oxygen atoms in total. The molecule has 0 aromatic heterocycles. The Hall–Kier alpha value is -1.46. The quantitative estimate of drug-likeness (QED) is 0.857. The molecule has 1 aromatic rings. The Labute approximate surface area is 112 Å². The van der Waals surface area contributed by atoms with Gasteiger partial charge in [0.25, 0.3) is 5.91 Å². The van der Waals surface area contributed by atoms with E-state index in [0.717, 1.165) is 6.42 Å². The van der Waals surface area contributed by atoms with Gasteiger partial charge in [-0.1, -0.05) is 0 Å². The smallest absolute Gasteiger partial charge is 0.253 e. The van der Waals surface area contributed by atoms with Crippen LogP contribution >= 0.6 is 0 Å². The number of carbonyl (C=O) groups is 1. The first-order chi connectivity index (χ1) is 9.10. The van der Waals surface area contributed by atoms with Gasteiger partial charge in [-0.2, -0.15) is 0 Å². The number of carbonyl (C=O) groups excluding carboxylic acids is 1. The Kier molecular flexibility index (Phi) is 4.50. The summed E-state index contributed by atoms with van der Waals surface area (Å²) in [4.78, 5) is 14.0. The average Bonchev–Trinajstić information content (AvgIpc) is 2.38. The zero-order chi connectivity index (χ0) is 13.8. The molecule has 2 unspecified atom stereocenters. The van der Waals surface area contributed by atoms with Crippen LogP contribution in [0.2, 0.25) is 0 Å². The van der Waals surface area contributed by atoms with E-state index in [2.05, 4.69) is 0 Å². The van der Waals surface area contributed by atoms with Crippen LogP contribution in [-0.2, 0) is 0 Å². The van der Waals surface area contributed by atoms with Crippen molar-refractivity contribution in [3.8, 4) is 0 Å². The van der Waals surface area contributed by atoms with Crippen LogP contribution in [0.1, 0.15) is 23.2 Å². The Balaban J connectivity index is 2.07. The van der Waals surface area contributed by atoms with Gasteiger partial charge in [0.15, 0.2) is 0 Å². The number of halogens is 1. The van der Waals surface area contributed by atoms with Gasteiger partial charge in [-0.3, -0.25) is 4.79 Å². The summed E-state index contributed by atoms with van der Waals surface area (Å²) >= 11 is 0. The molecule has 2 rings (SSSR count). The summed E-state index contributed by atoms with van der Waals surface area (Å²) in [5, 5.41) is 8.99. The molecule has 1 aliphatic rings. The van der Waals surface area contributed by atoms with Crippen molar-refractivity contribution >= 4 is 5.91 Å². The zero-order valence-electron chi connectivity index (χ0n) is 10.8. The molecule has 104 valence electrons. The summed E-state index contributed by atoms with van der Waals surface area (Å²) in [6, 6.07) is 5.47. The van der Waals surface area contributed by atoms with Gasteiger partial charge in [0, 0.05) is 31.3 Å². The van der Waals surface area contributed by atoms with Gasteiger partial charge in [-0.25, -0.2) is 4.39 Å². The first kappa shape index (κ1) is 14.0. The number of rotatable bonds is 3. The molecule has 1 aromatic carbocycles. The predicted molar refractivity (Wildman–Crippen MR) is 70.1 cm³/mol. The van der Waals surface area contributed by atoms with Crippen LogP contribution in [0.4, 0.5) is 4.39 Å². The number of nitrogens with zero attached hydrogens (tertiary/aromatic N) is 1. The van der Waals surface area contributed by atoms with Gasteiger partial charge in [0.2, 0.25) is 0 Å². The van der Waals surface area contributed by atoms with Crippen molar-refractivity contribution in [2.24, 2.45) is 11.7 Å². The highest BCUT2D eigenvalue weighted by molar-refractivity contribution is 5.94. The van der Waals surface area contributed by atoms with Crippen molar-refractivity contribution < 1.29 is 14.3 Å². The van der Waals surface area contributed by atoms with Crippen LogP contribution in [0.3, 0.4) is 0 Å². The number of aliphatic hydroxyl groups is 1. The molecular formula is C14H19FN2O2. The lowest BCUT2D eigenvalue weighted by atomic mass is 9.92. The minimum Gasteiger partial charge on any atom is -0.396 e. The number of aliphatic hydroxyl groups excluding tert-OH is 1. The summed E-state index contributed by atoms with van der Waals surface area (Å²) in [5.74, 6) is -0.249. The van der Waals surface area contributed by atoms with E-state index in [1.54, 1.807) is 4.90 Å². The standard InChI is InChI=1S/C14H19FN2O2/c15-12-3-1-11(2-4-12)14(19)17-8-10(5-6-18)7-13(16)9-17/h1-4,10,13,18H,5-9,16H2. The molecule has 0 radical (unpaired) electrons. The summed E-state index contributed by atoms with van der Waals surface area (Å²) in [5.41, 5.74) is 6.42. The lowest BCUT2D eigenvalue weighted by molar-refractivity contribution is 0.0627. The van der Waals surface area contributed by atoms with Crippen LogP contribution in [0.15, 0.2) is 24.3 Å². The number of likely N-dealkylation sites (tertiary alicyclic amines) is 1. The summed E-state index contributed by atoms with van der Waals surface area (Å²) in [6.07, 6.45) is 1.48. The van der Waals surface area contributed by atoms with E-state index in [9.17, 15) is 9.18 Å². The maximum Gasteiger partial charge on any atom is 0.253 e. The maximum atomic E-state index is 12.8. The second-order valence-corrected chi connectivity index (χ2v) is 5.09. The van der Waals surface area contributed by atoms with E-state index < -0.39 is 0 Å². The number of piperidine rings is 1. The molecule has 1 amide bonds. The van der Waals surface area contributed by atoms with Crippen molar-refractivity contribution in [1.82, 2.24) is 4.90 Å². The Morgan fingerprint density at radius 1 is 1.37 bits per heavy atom. The molecule has 1 saturated heterocycles. The topological polar surface area (TPSA) is 66.6 Å². The summed E-state index contributed by atoms with van der Waals surface area (Å²) in [7, 11) is 0. The average molecular weight is 266 g/mol. The van der Waals surface area contributed by atoms with Gasteiger partial charge < -0.3 is 15.7 Å². The maximum absolute atomic E-state index is 12.8. The predicted octanol–water partition coefficient (Wildman–Crippen LogP) is 0.997. The van der Waals surface area contributed by atoms with Crippen molar-refractivity contribution in [2.75, 3.05) is 19.7 Å². The van der Waals surface area contributed by atoms with Crippen molar-refractivity contribution in [3.63, 3.8) is 0 Å². The second kappa shape index (κ2) is 6.12. The van der Waals surface area contributed by atoms with Gasteiger partial charge in [-0.05, 0) is 43.0 Å². The molecular weight excluding hydrogens is 247 g/mol. The highest BCUT2D eigenvalue weighted by Gasteiger charge is 2.28. The van der Waals surface area contributed by atoms with E-state index >= 15 is 0 Å². The lowest BCUT2D eigenvalue weighted by Crippen LogP contribution is -2.49. The first-order valence-corrected chi connectivity index (χ1v) is 6.51. The molecule has 0 saturated carbocycles. The highest BCUT2D eigenvalue weighted by Crippen LogP contribution is 2.20. The van der Waals surface area contributed by atoms with Gasteiger partial charge in [0.05, 0.1) is 0 Å². The molecule has 0 spiro atoms. The monoisotopic (exact) mass is 266 g/mol. The normalized spacial score (nSPS) is 23.4. The highest BCUT2D eigenvalue weighted by atomic mass is 19.1.